The zero-order chi connectivity index (χ0) is 17.4. The van der Waals surface area contributed by atoms with Gasteiger partial charge in [0.25, 0.3) is 0 Å². The van der Waals surface area contributed by atoms with Crippen LogP contribution < -0.4 is 15.5 Å². The van der Waals surface area contributed by atoms with Crippen molar-refractivity contribution in [2.24, 2.45) is 7.05 Å². The Morgan fingerprint density at radius 2 is 2.00 bits per heavy atom. The summed E-state index contributed by atoms with van der Waals surface area (Å²) in [4.78, 5) is 17.3. The van der Waals surface area contributed by atoms with Gasteiger partial charge in [0, 0.05) is 25.5 Å². The van der Waals surface area contributed by atoms with Crippen molar-refractivity contribution in [2.75, 3.05) is 11.9 Å². The van der Waals surface area contributed by atoms with Crippen molar-refractivity contribution >= 4 is 16.7 Å². The van der Waals surface area contributed by atoms with Gasteiger partial charge >= 0.3 is 0 Å². The van der Waals surface area contributed by atoms with Gasteiger partial charge in [-0.25, -0.2) is 0 Å². The maximum Gasteiger partial charge on any atom is 0.200 e. The van der Waals surface area contributed by atoms with E-state index in [9.17, 15) is 4.79 Å². The molecule has 3 aromatic rings. The SMILES string of the molecule is CCOc1ccc(-c2c(NC3CC3)n(C)c3ccncc3c2=O)cc1. The molecule has 0 atom stereocenters. The van der Waals surface area contributed by atoms with Gasteiger partial charge in [-0.2, -0.15) is 0 Å². The lowest BCUT2D eigenvalue weighted by Crippen LogP contribution is -2.18. The average molecular weight is 335 g/mol. The smallest absolute Gasteiger partial charge is 0.200 e. The Hall–Kier alpha value is -2.82. The molecule has 128 valence electrons. The van der Waals surface area contributed by atoms with Crippen LogP contribution in [0.25, 0.3) is 22.0 Å². The van der Waals surface area contributed by atoms with E-state index in [-0.39, 0.29) is 5.43 Å². The lowest BCUT2D eigenvalue weighted by Gasteiger charge is -2.18. The van der Waals surface area contributed by atoms with Gasteiger partial charge in [-0.05, 0) is 43.5 Å². The number of benzene rings is 1. The molecular weight excluding hydrogens is 314 g/mol. The van der Waals surface area contributed by atoms with E-state index in [1.807, 2.05) is 44.3 Å². The van der Waals surface area contributed by atoms with Gasteiger partial charge in [-0.15, -0.1) is 0 Å². The first-order valence-electron chi connectivity index (χ1n) is 8.65. The van der Waals surface area contributed by atoms with Gasteiger partial charge < -0.3 is 14.6 Å². The van der Waals surface area contributed by atoms with Crippen molar-refractivity contribution in [3.8, 4) is 16.9 Å². The summed E-state index contributed by atoms with van der Waals surface area (Å²) in [5, 5.41) is 4.17. The highest BCUT2D eigenvalue weighted by Gasteiger charge is 2.25. The maximum atomic E-state index is 13.2. The Labute approximate surface area is 146 Å². The van der Waals surface area contributed by atoms with Crippen molar-refractivity contribution in [2.45, 2.75) is 25.8 Å². The standard InChI is InChI=1S/C20H21N3O2/c1-3-25-15-8-4-13(5-9-15)18-19(24)16-12-21-11-10-17(16)23(2)20(18)22-14-6-7-14/h4-5,8-12,14,22H,3,6-7H2,1-2H3. The van der Waals surface area contributed by atoms with Crippen LogP contribution in [0.1, 0.15) is 19.8 Å². The van der Waals surface area contributed by atoms with Gasteiger partial charge in [-0.3, -0.25) is 9.78 Å². The Bertz CT molecular complexity index is 973. The average Bonchev–Trinajstić information content (AvgIpc) is 3.45. The van der Waals surface area contributed by atoms with Gasteiger partial charge in [0.2, 0.25) is 5.43 Å². The van der Waals surface area contributed by atoms with Gasteiger partial charge in [0.1, 0.15) is 11.6 Å². The number of rotatable bonds is 5. The zero-order valence-corrected chi connectivity index (χ0v) is 14.5. The molecule has 1 aromatic carbocycles. The van der Waals surface area contributed by atoms with E-state index in [0.29, 0.717) is 23.6 Å². The van der Waals surface area contributed by atoms with Crippen LogP contribution in [-0.2, 0) is 7.05 Å². The number of nitrogens with zero attached hydrogens (tertiary/aromatic N) is 2. The van der Waals surface area contributed by atoms with Crippen molar-refractivity contribution in [1.82, 2.24) is 9.55 Å². The number of hydrogen-bond donors (Lipinski definition) is 1. The van der Waals surface area contributed by atoms with Crippen molar-refractivity contribution in [1.29, 1.82) is 0 Å². The minimum absolute atomic E-state index is 0.00788. The molecule has 5 heteroatoms. The summed E-state index contributed by atoms with van der Waals surface area (Å²) in [6, 6.07) is 10.0. The molecule has 4 rings (SSSR count). The second-order valence-corrected chi connectivity index (χ2v) is 6.38. The fourth-order valence-corrected chi connectivity index (χ4v) is 3.13. The molecule has 0 unspecified atom stereocenters. The molecule has 0 radical (unpaired) electrons. The predicted octanol–water partition coefficient (Wildman–Crippen LogP) is 3.57. The first-order valence-corrected chi connectivity index (χ1v) is 8.65. The Morgan fingerprint density at radius 3 is 2.68 bits per heavy atom. The number of anilines is 1. The van der Waals surface area contributed by atoms with E-state index in [0.717, 1.165) is 35.5 Å². The molecule has 2 aromatic heterocycles. The van der Waals surface area contributed by atoms with E-state index in [1.165, 1.54) is 0 Å². The number of fused-ring (bicyclic) bond motifs is 1. The minimum atomic E-state index is 0.00788. The first-order chi connectivity index (χ1) is 12.2. The van der Waals surface area contributed by atoms with Crippen LogP contribution in [-0.4, -0.2) is 22.2 Å². The third-order valence-electron chi connectivity index (χ3n) is 4.58. The lowest BCUT2D eigenvalue weighted by molar-refractivity contribution is 0.340. The molecular formula is C20H21N3O2. The Morgan fingerprint density at radius 1 is 1.24 bits per heavy atom. The number of pyridine rings is 2. The fourth-order valence-electron chi connectivity index (χ4n) is 3.13. The normalized spacial score (nSPS) is 13.8. The van der Waals surface area contributed by atoms with Crippen LogP contribution in [0.15, 0.2) is 47.5 Å². The molecule has 0 aliphatic heterocycles. The number of nitrogens with one attached hydrogen (secondary N) is 1. The fraction of sp³-hybridized carbons (Fsp3) is 0.300. The van der Waals surface area contributed by atoms with Crippen molar-refractivity contribution in [3.05, 3.63) is 52.9 Å². The highest BCUT2D eigenvalue weighted by molar-refractivity contribution is 5.89. The summed E-state index contributed by atoms with van der Waals surface area (Å²) in [6.45, 7) is 2.58. The molecule has 1 aliphatic carbocycles. The molecule has 25 heavy (non-hydrogen) atoms. The number of aromatic nitrogens is 2. The molecule has 0 saturated heterocycles. The van der Waals surface area contributed by atoms with Crippen LogP contribution in [0.2, 0.25) is 0 Å². The number of hydrogen-bond acceptors (Lipinski definition) is 4. The predicted molar refractivity (Wildman–Crippen MR) is 100 cm³/mol. The second kappa shape index (κ2) is 6.24. The van der Waals surface area contributed by atoms with Crippen LogP contribution in [0, 0.1) is 0 Å². The summed E-state index contributed by atoms with van der Waals surface area (Å²) < 4.78 is 7.57. The Kier molecular flexibility index (Phi) is 3.92. The third kappa shape index (κ3) is 2.86. The molecule has 0 amide bonds. The van der Waals surface area contributed by atoms with E-state index in [4.69, 9.17) is 4.74 Å². The summed E-state index contributed by atoms with van der Waals surface area (Å²) in [5.41, 5.74) is 2.47. The van der Waals surface area contributed by atoms with Crippen LogP contribution in [0.5, 0.6) is 5.75 Å². The zero-order valence-electron chi connectivity index (χ0n) is 14.5. The third-order valence-corrected chi connectivity index (χ3v) is 4.58. The lowest BCUT2D eigenvalue weighted by atomic mass is 10.0. The highest BCUT2D eigenvalue weighted by Crippen LogP contribution is 2.33. The van der Waals surface area contributed by atoms with Crippen molar-refractivity contribution < 1.29 is 4.74 Å². The van der Waals surface area contributed by atoms with Crippen LogP contribution in [0.3, 0.4) is 0 Å². The van der Waals surface area contributed by atoms with Gasteiger partial charge in [0.05, 0.1) is 23.1 Å². The van der Waals surface area contributed by atoms with Crippen LogP contribution >= 0.6 is 0 Å². The molecule has 5 nitrogen and oxygen atoms in total. The van der Waals surface area contributed by atoms with E-state index in [2.05, 4.69) is 14.9 Å². The summed E-state index contributed by atoms with van der Waals surface area (Å²) >= 11 is 0. The maximum absolute atomic E-state index is 13.2. The van der Waals surface area contributed by atoms with E-state index >= 15 is 0 Å². The van der Waals surface area contributed by atoms with Crippen LogP contribution in [0.4, 0.5) is 5.82 Å². The second-order valence-electron chi connectivity index (χ2n) is 6.38. The van der Waals surface area contributed by atoms with Gasteiger partial charge in [-0.1, -0.05) is 12.1 Å². The molecule has 0 bridgehead atoms. The minimum Gasteiger partial charge on any atom is -0.494 e. The monoisotopic (exact) mass is 335 g/mol. The molecule has 1 saturated carbocycles. The molecule has 1 aliphatic rings. The first kappa shape index (κ1) is 15.7. The summed E-state index contributed by atoms with van der Waals surface area (Å²) in [7, 11) is 1.99. The Balaban J connectivity index is 1.94. The highest BCUT2D eigenvalue weighted by atomic mass is 16.5. The number of ether oxygens (including phenoxy) is 1. The van der Waals surface area contributed by atoms with Gasteiger partial charge in [0.15, 0.2) is 0 Å². The summed E-state index contributed by atoms with van der Waals surface area (Å²) in [5.74, 6) is 1.68. The quantitative estimate of drug-likeness (QED) is 0.774. The molecule has 1 N–H and O–H groups in total. The summed E-state index contributed by atoms with van der Waals surface area (Å²) in [6.07, 6.45) is 5.66. The van der Waals surface area contributed by atoms with Crippen molar-refractivity contribution in [3.63, 3.8) is 0 Å². The van der Waals surface area contributed by atoms with E-state index < -0.39 is 0 Å². The molecule has 0 spiro atoms. The number of aryl methyl sites for hydroxylation is 1. The molecule has 2 heterocycles. The topological polar surface area (TPSA) is 56.1 Å². The molecule has 1 fully saturated rings. The largest absolute Gasteiger partial charge is 0.494 e. The van der Waals surface area contributed by atoms with E-state index in [1.54, 1.807) is 12.4 Å².